The number of ether oxygens (including phenoxy) is 1. The molecule has 94 valence electrons. The van der Waals surface area contributed by atoms with E-state index in [2.05, 4.69) is 21.0 Å². The number of aromatic nitrogens is 2. The molecule has 0 aliphatic heterocycles. The topological polar surface area (TPSA) is 44.1 Å². The molecular weight excluding hydrogens is 303 g/mol. The number of hydrogen-bond donors (Lipinski definition) is 0. The number of hydrogen-bond acceptors (Lipinski definition) is 3. The van der Waals surface area contributed by atoms with Gasteiger partial charge in [0.2, 0.25) is 5.95 Å². The molecule has 1 aromatic heterocycles. The minimum absolute atomic E-state index is 0.170. The SMILES string of the molecule is CCOC(=O)c1cnn(-c2cccc(Br)c2)c1F. The summed E-state index contributed by atoms with van der Waals surface area (Å²) in [6.45, 7) is 1.86. The van der Waals surface area contributed by atoms with E-state index in [1.165, 1.54) is 0 Å². The Kier molecular flexibility index (Phi) is 3.76. The number of nitrogens with zero attached hydrogens (tertiary/aromatic N) is 2. The summed E-state index contributed by atoms with van der Waals surface area (Å²) in [4.78, 5) is 11.5. The van der Waals surface area contributed by atoms with E-state index >= 15 is 0 Å². The van der Waals surface area contributed by atoms with Gasteiger partial charge in [-0.3, -0.25) is 0 Å². The van der Waals surface area contributed by atoms with Crippen molar-refractivity contribution in [3.05, 3.63) is 46.4 Å². The van der Waals surface area contributed by atoms with E-state index in [0.29, 0.717) is 5.69 Å². The van der Waals surface area contributed by atoms with E-state index in [9.17, 15) is 9.18 Å². The van der Waals surface area contributed by atoms with Gasteiger partial charge in [0, 0.05) is 4.47 Å². The second-order valence-electron chi connectivity index (χ2n) is 3.46. The lowest BCUT2D eigenvalue weighted by molar-refractivity contribution is 0.0520. The third kappa shape index (κ3) is 2.43. The van der Waals surface area contributed by atoms with Gasteiger partial charge in [0.05, 0.1) is 18.5 Å². The summed E-state index contributed by atoms with van der Waals surface area (Å²) in [5.41, 5.74) is 0.356. The molecule has 0 fully saturated rings. The first kappa shape index (κ1) is 12.8. The smallest absolute Gasteiger partial charge is 0.344 e. The van der Waals surface area contributed by atoms with Gasteiger partial charge in [-0.1, -0.05) is 22.0 Å². The van der Waals surface area contributed by atoms with Crippen molar-refractivity contribution in [1.82, 2.24) is 9.78 Å². The van der Waals surface area contributed by atoms with Crippen LogP contribution in [0.1, 0.15) is 17.3 Å². The average Bonchev–Trinajstić information content (AvgIpc) is 2.71. The van der Waals surface area contributed by atoms with E-state index in [1.54, 1.807) is 25.1 Å². The Bertz CT molecular complexity index is 583. The summed E-state index contributed by atoms with van der Waals surface area (Å²) >= 11 is 3.29. The molecule has 18 heavy (non-hydrogen) atoms. The van der Waals surface area contributed by atoms with Crippen LogP contribution in [0.4, 0.5) is 4.39 Å². The molecule has 0 aliphatic carbocycles. The van der Waals surface area contributed by atoms with Crippen molar-refractivity contribution in [2.45, 2.75) is 6.92 Å². The van der Waals surface area contributed by atoms with Crippen LogP contribution in [-0.2, 0) is 4.74 Å². The van der Waals surface area contributed by atoms with Crippen LogP contribution in [0.25, 0.3) is 5.69 Å². The number of benzene rings is 1. The van der Waals surface area contributed by atoms with Crippen molar-refractivity contribution >= 4 is 21.9 Å². The van der Waals surface area contributed by atoms with Crippen LogP contribution < -0.4 is 0 Å². The molecule has 0 aliphatic rings. The lowest BCUT2D eigenvalue weighted by Crippen LogP contribution is -2.07. The van der Waals surface area contributed by atoms with Gasteiger partial charge in [-0.05, 0) is 25.1 Å². The van der Waals surface area contributed by atoms with Gasteiger partial charge in [-0.25, -0.2) is 9.48 Å². The molecule has 1 aromatic carbocycles. The minimum atomic E-state index is -0.730. The standard InChI is InChI=1S/C12H10BrFN2O2/c1-2-18-12(17)10-7-15-16(11(10)14)9-5-3-4-8(13)6-9/h3-7H,2H2,1H3. The molecule has 0 N–H and O–H groups in total. The fraction of sp³-hybridized carbons (Fsp3) is 0.167. The highest BCUT2D eigenvalue weighted by atomic mass is 79.9. The van der Waals surface area contributed by atoms with E-state index in [0.717, 1.165) is 15.4 Å². The van der Waals surface area contributed by atoms with Crippen LogP contribution in [0, 0.1) is 5.95 Å². The Balaban J connectivity index is 2.39. The highest BCUT2D eigenvalue weighted by molar-refractivity contribution is 9.10. The Morgan fingerprint density at radius 2 is 2.33 bits per heavy atom. The Morgan fingerprint density at radius 1 is 1.56 bits per heavy atom. The van der Waals surface area contributed by atoms with Gasteiger partial charge in [-0.15, -0.1) is 0 Å². The second kappa shape index (κ2) is 5.30. The summed E-state index contributed by atoms with van der Waals surface area (Å²) in [5, 5.41) is 3.85. The first-order chi connectivity index (χ1) is 8.63. The molecule has 2 rings (SSSR count). The molecule has 6 heteroatoms. The van der Waals surface area contributed by atoms with Crippen LogP contribution in [0.5, 0.6) is 0 Å². The summed E-state index contributed by atoms with van der Waals surface area (Å²) < 4.78 is 20.6. The molecule has 0 atom stereocenters. The Morgan fingerprint density at radius 3 is 3.00 bits per heavy atom. The predicted octanol–water partition coefficient (Wildman–Crippen LogP) is 2.95. The van der Waals surface area contributed by atoms with Gasteiger partial charge >= 0.3 is 5.97 Å². The maximum Gasteiger partial charge on any atom is 0.344 e. The van der Waals surface area contributed by atoms with Crippen molar-refractivity contribution < 1.29 is 13.9 Å². The largest absolute Gasteiger partial charge is 0.462 e. The first-order valence-electron chi connectivity index (χ1n) is 5.30. The van der Waals surface area contributed by atoms with Gasteiger partial charge in [0.1, 0.15) is 5.56 Å². The Hall–Kier alpha value is -1.69. The molecule has 0 saturated carbocycles. The molecule has 0 amide bonds. The fourth-order valence-corrected chi connectivity index (χ4v) is 1.85. The normalized spacial score (nSPS) is 10.4. The molecule has 0 bridgehead atoms. The first-order valence-corrected chi connectivity index (χ1v) is 6.09. The maximum absolute atomic E-state index is 14.0. The highest BCUT2D eigenvalue weighted by Crippen LogP contribution is 2.18. The molecule has 0 spiro atoms. The van der Waals surface area contributed by atoms with Crippen LogP contribution in [0.3, 0.4) is 0 Å². The molecule has 2 aromatic rings. The van der Waals surface area contributed by atoms with E-state index in [4.69, 9.17) is 4.74 Å². The molecular formula is C12H10BrFN2O2. The van der Waals surface area contributed by atoms with E-state index in [-0.39, 0.29) is 12.2 Å². The predicted molar refractivity (Wildman–Crippen MR) is 67.2 cm³/mol. The van der Waals surface area contributed by atoms with Crippen LogP contribution in [-0.4, -0.2) is 22.4 Å². The average molecular weight is 313 g/mol. The summed E-state index contributed by atoms with van der Waals surface area (Å²) in [6, 6.07) is 6.96. The van der Waals surface area contributed by atoms with Crippen LogP contribution in [0.2, 0.25) is 0 Å². The summed E-state index contributed by atoms with van der Waals surface area (Å²) in [5.74, 6) is -1.44. The molecule has 0 unspecified atom stereocenters. The second-order valence-corrected chi connectivity index (χ2v) is 4.38. The van der Waals surface area contributed by atoms with Gasteiger partial charge < -0.3 is 4.74 Å². The molecule has 4 nitrogen and oxygen atoms in total. The lowest BCUT2D eigenvalue weighted by atomic mass is 10.3. The van der Waals surface area contributed by atoms with Crippen molar-refractivity contribution in [2.75, 3.05) is 6.61 Å². The third-order valence-corrected chi connectivity index (χ3v) is 2.75. The number of halogens is 2. The van der Waals surface area contributed by atoms with E-state index in [1.807, 2.05) is 6.07 Å². The van der Waals surface area contributed by atoms with Gasteiger partial charge in [-0.2, -0.15) is 9.49 Å². The lowest BCUT2D eigenvalue weighted by Gasteiger charge is -2.03. The number of rotatable bonds is 3. The number of carbonyl (C=O) groups is 1. The zero-order valence-electron chi connectivity index (χ0n) is 9.56. The maximum atomic E-state index is 14.0. The van der Waals surface area contributed by atoms with Crippen molar-refractivity contribution in [3.63, 3.8) is 0 Å². The fourth-order valence-electron chi connectivity index (χ4n) is 1.47. The van der Waals surface area contributed by atoms with Crippen LogP contribution in [0.15, 0.2) is 34.9 Å². The van der Waals surface area contributed by atoms with Gasteiger partial charge in [0.15, 0.2) is 0 Å². The van der Waals surface area contributed by atoms with Crippen molar-refractivity contribution in [2.24, 2.45) is 0 Å². The summed E-state index contributed by atoms with van der Waals surface area (Å²) in [6.07, 6.45) is 1.16. The number of esters is 1. The van der Waals surface area contributed by atoms with Crippen molar-refractivity contribution in [3.8, 4) is 5.69 Å². The molecule has 0 radical (unpaired) electrons. The minimum Gasteiger partial charge on any atom is -0.462 e. The third-order valence-electron chi connectivity index (χ3n) is 2.26. The highest BCUT2D eigenvalue weighted by Gasteiger charge is 2.19. The van der Waals surface area contributed by atoms with Gasteiger partial charge in [0.25, 0.3) is 0 Å². The van der Waals surface area contributed by atoms with Crippen LogP contribution >= 0.6 is 15.9 Å². The summed E-state index contributed by atoms with van der Waals surface area (Å²) in [7, 11) is 0. The zero-order chi connectivity index (χ0) is 13.1. The Labute approximate surface area is 111 Å². The van der Waals surface area contributed by atoms with E-state index < -0.39 is 11.9 Å². The monoisotopic (exact) mass is 312 g/mol. The molecule has 0 saturated heterocycles. The quantitative estimate of drug-likeness (QED) is 0.818. The van der Waals surface area contributed by atoms with Crippen molar-refractivity contribution in [1.29, 1.82) is 0 Å². The number of carbonyl (C=O) groups excluding carboxylic acids is 1. The molecule has 1 heterocycles. The zero-order valence-corrected chi connectivity index (χ0v) is 11.1.